The van der Waals surface area contributed by atoms with Gasteiger partial charge in [-0.3, -0.25) is 4.79 Å². The van der Waals surface area contributed by atoms with Gasteiger partial charge in [-0.25, -0.2) is 8.42 Å². The van der Waals surface area contributed by atoms with Crippen molar-refractivity contribution in [2.24, 2.45) is 5.92 Å². The minimum atomic E-state index is -3.89. The van der Waals surface area contributed by atoms with Gasteiger partial charge < -0.3 is 10.1 Å². The third kappa shape index (κ3) is 5.50. The van der Waals surface area contributed by atoms with Crippen molar-refractivity contribution in [1.82, 2.24) is 4.31 Å². The molecule has 3 aromatic carbocycles. The van der Waals surface area contributed by atoms with E-state index in [4.69, 9.17) is 27.9 Å². The average molecular weight is 505 g/mol. The summed E-state index contributed by atoms with van der Waals surface area (Å²) in [5, 5.41) is 3.27. The van der Waals surface area contributed by atoms with E-state index in [1.807, 2.05) is 36.4 Å². The zero-order chi connectivity index (χ0) is 23.4. The summed E-state index contributed by atoms with van der Waals surface area (Å²) in [5.41, 5.74) is 0.518. The predicted octanol–water partition coefficient (Wildman–Crippen LogP) is 5.83. The summed E-state index contributed by atoms with van der Waals surface area (Å²) in [5.74, 6) is 0.364. The summed E-state index contributed by atoms with van der Waals surface area (Å²) in [7, 11) is -3.89. The van der Waals surface area contributed by atoms with E-state index >= 15 is 0 Å². The number of hydrogen-bond acceptors (Lipinski definition) is 4. The second kappa shape index (κ2) is 10.1. The maximum absolute atomic E-state index is 13.2. The van der Waals surface area contributed by atoms with Crippen LogP contribution in [0, 0.1) is 5.92 Å². The van der Waals surface area contributed by atoms with Crippen LogP contribution in [0.15, 0.2) is 77.7 Å². The molecule has 33 heavy (non-hydrogen) atoms. The number of piperidine rings is 1. The predicted molar refractivity (Wildman–Crippen MR) is 130 cm³/mol. The van der Waals surface area contributed by atoms with Crippen molar-refractivity contribution in [3.8, 4) is 11.5 Å². The average Bonchev–Trinajstić information content (AvgIpc) is 2.82. The first-order chi connectivity index (χ1) is 15.8. The molecule has 1 atom stereocenters. The minimum absolute atomic E-state index is 0.0543. The summed E-state index contributed by atoms with van der Waals surface area (Å²) in [6, 6.07) is 20.7. The van der Waals surface area contributed by atoms with Gasteiger partial charge in [-0.05, 0) is 55.3 Å². The third-order valence-corrected chi connectivity index (χ3v) is 7.96. The summed E-state index contributed by atoms with van der Waals surface area (Å²) in [4.78, 5) is 13.0. The Kier molecular flexibility index (Phi) is 7.24. The molecule has 1 N–H and O–H groups in total. The van der Waals surface area contributed by atoms with Gasteiger partial charge in [-0.1, -0.05) is 53.5 Å². The second-order valence-electron chi connectivity index (χ2n) is 7.68. The first kappa shape index (κ1) is 23.6. The zero-order valence-corrected chi connectivity index (χ0v) is 19.9. The van der Waals surface area contributed by atoms with Gasteiger partial charge in [0.25, 0.3) is 0 Å². The highest BCUT2D eigenvalue weighted by Gasteiger charge is 2.34. The molecule has 0 aliphatic carbocycles. The van der Waals surface area contributed by atoms with Crippen molar-refractivity contribution in [2.75, 3.05) is 18.4 Å². The van der Waals surface area contributed by atoms with Gasteiger partial charge in [0, 0.05) is 18.1 Å². The Balaban J connectivity index is 1.49. The highest BCUT2D eigenvalue weighted by atomic mass is 35.5. The smallest absolute Gasteiger partial charge is 0.244 e. The molecule has 172 valence electrons. The van der Waals surface area contributed by atoms with Crippen molar-refractivity contribution in [1.29, 1.82) is 0 Å². The van der Waals surface area contributed by atoms with E-state index in [1.165, 1.54) is 22.5 Å². The summed E-state index contributed by atoms with van der Waals surface area (Å²) in [6.45, 7) is 0.362. The molecule has 0 unspecified atom stereocenters. The van der Waals surface area contributed by atoms with Gasteiger partial charge >= 0.3 is 0 Å². The zero-order valence-electron chi connectivity index (χ0n) is 17.6. The maximum Gasteiger partial charge on any atom is 0.244 e. The Morgan fingerprint density at radius 1 is 1.00 bits per heavy atom. The van der Waals surface area contributed by atoms with Crippen LogP contribution < -0.4 is 10.1 Å². The Labute approximate surface area is 203 Å². The molecule has 0 spiro atoms. The fourth-order valence-corrected chi connectivity index (χ4v) is 5.96. The Morgan fingerprint density at radius 2 is 1.73 bits per heavy atom. The number of nitrogens with one attached hydrogen (secondary N) is 1. The van der Waals surface area contributed by atoms with E-state index in [1.54, 1.807) is 18.2 Å². The number of nitrogens with zero attached hydrogens (tertiary/aromatic N) is 1. The normalized spacial score (nSPS) is 16.8. The van der Waals surface area contributed by atoms with Gasteiger partial charge in [0.2, 0.25) is 15.9 Å². The van der Waals surface area contributed by atoms with Crippen LogP contribution >= 0.6 is 23.2 Å². The quantitative estimate of drug-likeness (QED) is 0.458. The van der Waals surface area contributed by atoms with Crippen LogP contribution in [0.25, 0.3) is 0 Å². The fourth-order valence-electron chi connectivity index (χ4n) is 3.70. The molecular formula is C24H22Cl2N2O4S. The Bertz CT molecular complexity index is 1250. The highest BCUT2D eigenvalue weighted by molar-refractivity contribution is 7.89. The largest absolute Gasteiger partial charge is 0.455 e. The number of carbonyl (C=O) groups excluding carboxylic acids is 1. The van der Waals surface area contributed by atoms with E-state index in [2.05, 4.69) is 5.32 Å². The van der Waals surface area contributed by atoms with E-state index in [0.717, 1.165) is 0 Å². The van der Waals surface area contributed by atoms with Crippen molar-refractivity contribution in [2.45, 2.75) is 17.7 Å². The van der Waals surface area contributed by atoms with Crippen LogP contribution in [-0.4, -0.2) is 31.7 Å². The van der Waals surface area contributed by atoms with E-state index in [-0.39, 0.29) is 27.4 Å². The molecule has 0 saturated carbocycles. The van der Waals surface area contributed by atoms with Crippen LogP contribution in [-0.2, 0) is 14.8 Å². The highest BCUT2D eigenvalue weighted by Crippen LogP contribution is 2.32. The number of carbonyl (C=O) groups is 1. The number of sulfonamides is 1. The summed E-state index contributed by atoms with van der Waals surface area (Å²) in [6.07, 6.45) is 1.13. The Morgan fingerprint density at radius 3 is 2.52 bits per heavy atom. The molecule has 1 saturated heterocycles. The molecular weight excluding hydrogens is 483 g/mol. The number of ether oxygens (including phenoxy) is 1. The molecule has 0 bridgehead atoms. The number of halogens is 2. The van der Waals surface area contributed by atoms with E-state index in [9.17, 15) is 13.2 Å². The number of hydrogen-bond donors (Lipinski definition) is 1. The molecule has 1 heterocycles. The van der Waals surface area contributed by atoms with Crippen molar-refractivity contribution < 1.29 is 17.9 Å². The van der Waals surface area contributed by atoms with Gasteiger partial charge in [-0.2, -0.15) is 4.31 Å². The molecule has 6 nitrogen and oxygen atoms in total. The van der Waals surface area contributed by atoms with Gasteiger partial charge in [-0.15, -0.1) is 0 Å². The number of rotatable bonds is 6. The van der Waals surface area contributed by atoms with Crippen LogP contribution in [0.5, 0.6) is 11.5 Å². The molecule has 1 aliphatic rings. The lowest BCUT2D eigenvalue weighted by Crippen LogP contribution is -2.43. The first-order valence-corrected chi connectivity index (χ1v) is 12.6. The topological polar surface area (TPSA) is 75.7 Å². The van der Waals surface area contributed by atoms with Gasteiger partial charge in [0.1, 0.15) is 10.6 Å². The van der Waals surface area contributed by atoms with E-state index < -0.39 is 15.9 Å². The molecule has 9 heteroatoms. The summed E-state index contributed by atoms with van der Waals surface area (Å²) >= 11 is 12.1. The third-order valence-electron chi connectivity index (χ3n) is 5.38. The van der Waals surface area contributed by atoms with Crippen molar-refractivity contribution in [3.05, 3.63) is 82.8 Å². The monoisotopic (exact) mass is 504 g/mol. The lowest BCUT2D eigenvalue weighted by atomic mass is 9.98. The minimum Gasteiger partial charge on any atom is -0.455 e. The fraction of sp³-hybridized carbons (Fsp3) is 0.208. The number of para-hydroxylation sites is 3. The number of benzene rings is 3. The second-order valence-corrected chi connectivity index (χ2v) is 10.4. The van der Waals surface area contributed by atoms with Gasteiger partial charge in [0.05, 0.1) is 16.6 Å². The van der Waals surface area contributed by atoms with E-state index in [0.29, 0.717) is 36.6 Å². The van der Waals surface area contributed by atoms with Crippen LogP contribution in [0.2, 0.25) is 10.0 Å². The molecule has 1 aliphatic heterocycles. The molecule has 1 fully saturated rings. The standard InChI is InChI=1S/C24H22Cl2N2O4S/c25-18-12-13-20(26)23(15-18)33(30,31)28-14-6-7-17(16-28)24(29)27-21-10-4-5-11-22(21)32-19-8-2-1-3-9-19/h1-5,8-13,15,17H,6-7,14,16H2,(H,27,29)/t17-/m1/s1. The SMILES string of the molecule is O=C(Nc1ccccc1Oc1ccccc1)[C@@H]1CCCN(S(=O)(=O)c2cc(Cl)ccc2Cl)C1. The molecule has 1 amide bonds. The van der Waals surface area contributed by atoms with Gasteiger partial charge in [0.15, 0.2) is 5.75 Å². The van der Waals surface area contributed by atoms with Crippen molar-refractivity contribution >= 4 is 44.8 Å². The Hall–Kier alpha value is -2.58. The lowest BCUT2D eigenvalue weighted by molar-refractivity contribution is -0.120. The number of anilines is 1. The van der Waals surface area contributed by atoms with Crippen LogP contribution in [0.4, 0.5) is 5.69 Å². The molecule has 0 radical (unpaired) electrons. The maximum atomic E-state index is 13.2. The van der Waals surface area contributed by atoms with Crippen molar-refractivity contribution in [3.63, 3.8) is 0 Å². The summed E-state index contributed by atoms with van der Waals surface area (Å²) < 4.78 is 33.6. The van der Waals surface area contributed by atoms with Crippen LogP contribution in [0.1, 0.15) is 12.8 Å². The number of amides is 1. The lowest BCUT2D eigenvalue weighted by Gasteiger charge is -2.31. The molecule has 4 rings (SSSR count). The first-order valence-electron chi connectivity index (χ1n) is 10.4. The molecule has 3 aromatic rings. The molecule has 0 aromatic heterocycles. The van der Waals surface area contributed by atoms with Crippen LogP contribution in [0.3, 0.4) is 0 Å².